The second-order valence-electron chi connectivity index (χ2n) is 5.92. The second kappa shape index (κ2) is 6.75. The van der Waals surface area contributed by atoms with Gasteiger partial charge in [-0.25, -0.2) is 14.6 Å². The SMILES string of the molecule is Cc1cc(C(=O)NCc2ncc(Br)c(=O)[nH]2)c2cnn(C(C)C)c2n1. The molecule has 8 nitrogen and oxygen atoms in total. The largest absolute Gasteiger partial charge is 0.345 e. The Bertz CT molecular complexity index is 1010. The van der Waals surface area contributed by atoms with E-state index in [0.717, 1.165) is 5.69 Å². The quantitative estimate of drug-likeness (QED) is 0.692. The fourth-order valence-electron chi connectivity index (χ4n) is 2.47. The fourth-order valence-corrected chi connectivity index (χ4v) is 2.68. The van der Waals surface area contributed by atoms with Gasteiger partial charge < -0.3 is 10.3 Å². The van der Waals surface area contributed by atoms with Crippen LogP contribution < -0.4 is 10.9 Å². The second-order valence-corrected chi connectivity index (χ2v) is 6.78. The summed E-state index contributed by atoms with van der Waals surface area (Å²) in [6.07, 6.45) is 3.05. The molecule has 3 aromatic heterocycles. The predicted molar refractivity (Wildman–Crippen MR) is 96.4 cm³/mol. The Morgan fingerprint density at radius 3 is 2.84 bits per heavy atom. The number of H-pyrrole nitrogens is 1. The van der Waals surface area contributed by atoms with E-state index in [4.69, 9.17) is 0 Å². The molecule has 3 heterocycles. The van der Waals surface area contributed by atoms with E-state index < -0.39 is 0 Å². The van der Waals surface area contributed by atoms with Crippen molar-refractivity contribution in [1.82, 2.24) is 30.0 Å². The Morgan fingerprint density at radius 1 is 1.40 bits per heavy atom. The van der Waals surface area contributed by atoms with Crippen molar-refractivity contribution in [2.75, 3.05) is 0 Å². The molecular formula is C16H17BrN6O2. The minimum atomic E-state index is -0.292. The summed E-state index contributed by atoms with van der Waals surface area (Å²) in [6, 6.07) is 1.86. The zero-order chi connectivity index (χ0) is 18.1. The number of rotatable bonds is 4. The molecule has 3 aromatic rings. The van der Waals surface area contributed by atoms with Gasteiger partial charge in [0.2, 0.25) is 0 Å². The van der Waals surface area contributed by atoms with E-state index in [2.05, 4.69) is 41.3 Å². The Hall–Kier alpha value is -2.55. The van der Waals surface area contributed by atoms with Gasteiger partial charge in [-0.2, -0.15) is 5.10 Å². The van der Waals surface area contributed by atoms with Crippen LogP contribution in [0.15, 0.2) is 27.7 Å². The number of nitrogens with one attached hydrogen (secondary N) is 2. The normalized spacial score (nSPS) is 11.2. The number of carbonyl (C=O) groups is 1. The molecule has 2 N–H and O–H groups in total. The molecule has 0 fully saturated rings. The molecule has 0 atom stereocenters. The minimum Gasteiger partial charge on any atom is -0.345 e. The molecule has 0 aliphatic carbocycles. The van der Waals surface area contributed by atoms with E-state index in [0.29, 0.717) is 26.9 Å². The lowest BCUT2D eigenvalue weighted by Crippen LogP contribution is -2.26. The first-order valence-corrected chi connectivity index (χ1v) is 8.53. The van der Waals surface area contributed by atoms with Gasteiger partial charge in [-0.3, -0.25) is 9.59 Å². The first-order chi connectivity index (χ1) is 11.9. The highest BCUT2D eigenvalue weighted by atomic mass is 79.9. The summed E-state index contributed by atoms with van der Waals surface area (Å²) < 4.78 is 2.13. The topological polar surface area (TPSA) is 106 Å². The number of aromatic nitrogens is 5. The van der Waals surface area contributed by atoms with Gasteiger partial charge in [0.15, 0.2) is 5.65 Å². The lowest BCUT2D eigenvalue weighted by Gasteiger charge is -2.09. The van der Waals surface area contributed by atoms with Crippen LogP contribution in [-0.4, -0.2) is 30.6 Å². The molecular weight excluding hydrogens is 388 g/mol. The van der Waals surface area contributed by atoms with Gasteiger partial charge in [-0.1, -0.05) is 0 Å². The number of hydrogen-bond donors (Lipinski definition) is 2. The van der Waals surface area contributed by atoms with Crippen LogP contribution >= 0.6 is 15.9 Å². The van der Waals surface area contributed by atoms with Crippen LogP contribution in [0.25, 0.3) is 11.0 Å². The van der Waals surface area contributed by atoms with Gasteiger partial charge in [0.25, 0.3) is 11.5 Å². The number of nitrogens with zero attached hydrogens (tertiary/aromatic N) is 4. The highest BCUT2D eigenvalue weighted by molar-refractivity contribution is 9.10. The van der Waals surface area contributed by atoms with E-state index in [-0.39, 0.29) is 24.1 Å². The van der Waals surface area contributed by atoms with Gasteiger partial charge in [-0.15, -0.1) is 0 Å². The van der Waals surface area contributed by atoms with Crippen LogP contribution in [0.3, 0.4) is 0 Å². The molecule has 0 aliphatic heterocycles. The first-order valence-electron chi connectivity index (χ1n) is 7.73. The third kappa shape index (κ3) is 3.46. The molecule has 0 bridgehead atoms. The van der Waals surface area contributed by atoms with Crippen molar-refractivity contribution in [2.45, 2.75) is 33.4 Å². The van der Waals surface area contributed by atoms with Crippen LogP contribution in [0.1, 0.15) is 41.8 Å². The van der Waals surface area contributed by atoms with Crippen LogP contribution in [0.4, 0.5) is 0 Å². The van der Waals surface area contributed by atoms with Crippen molar-refractivity contribution < 1.29 is 4.79 Å². The van der Waals surface area contributed by atoms with Gasteiger partial charge >= 0.3 is 0 Å². The lowest BCUT2D eigenvalue weighted by atomic mass is 10.1. The molecule has 3 rings (SSSR count). The predicted octanol–water partition coefficient (Wildman–Crippen LogP) is 2.10. The number of carbonyl (C=O) groups excluding carboxylic acids is 1. The van der Waals surface area contributed by atoms with Crippen LogP contribution in [0.5, 0.6) is 0 Å². The molecule has 130 valence electrons. The summed E-state index contributed by atoms with van der Waals surface area (Å²) in [6.45, 7) is 5.96. The number of fused-ring (bicyclic) bond motifs is 1. The van der Waals surface area contributed by atoms with Crippen molar-refractivity contribution in [1.29, 1.82) is 0 Å². The summed E-state index contributed by atoms with van der Waals surface area (Å²) in [5.74, 6) is 0.103. The van der Waals surface area contributed by atoms with E-state index in [1.165, 1.54) is 6.20 Å². The zero-order valence-electron chi connectivity index (χ0n) is 14.0. The number of aryl methyl sites for hydroxylation is 1. The highest BCUT2D eigenvalue weighted by Crippen LogP contribution is 2.21. The molecule has 1 amide bonds. The van der Waals surface area contributed by atoms with Gasteiger partial charge in [-0.05, 0) is 42.8 Å². The molecule has 0 spiro atoms. The van der Waals surface area contributed by atoms with E-state index in [1.807, 2.05) is 20.8 Å². The highest BCUT2D eigenvalue weighted by Gasteiger charge is 2.17. The zero-order valence-corrected chi connectivity index (χ0v) is 15.6. The summed E-state index contributed by atoms with van der Waals surface area (Å²) >= 11 is 3.09. The van der Waals surface area contributed by atoms with Crippen molar-refractivity contribution in [3.05, 3.63) is 50.4 Å². The first kappa shape index (κ1) is 17.3. The lowest BCUT2D eigenvalue weighted by molar-refractivity contribution is 0.0951. The van der Waals surface area contributed by atoms with Crippen molar-refractivity contribution in [3.8, 4) is 0 Å². The third-order valence-electron chi connectivity index (χ3n) is 3.65. The molecule has 0 radical (unpaired) electrons. The average Bonchev–Trinajstić information content (AvgIpc) is 2.98. The van der Waals surface area contributed by atoms with E-state index >= 15 is 0 Å². The molecule has 25 heavy (non-hydrogen) atoms. The van der Waals surface area contributed by atoms with E-state index in [9.17, 15) is 9.59 Å². The van der Waals surface area contributed by atoms with Gasteiger partial charge in [0, 0.05) is 17.9 Å². The van der Waals surface area contributed by atoms with Gasteiger partial charge in [0.1, 0.15) is 10.3 Å². The Labute approximate surface area is 151 Å². The van der Waals surface area contributed by atoms with Crippen LogP contribution in [0.2, 0.25) is 0 Å². The minimum absolute atomic E-state index is 0.114. The number of hydrogen-bond acceptors (Lipinski definition) is 5. The average molecular weight is 405 g/mol. The number of pyridine rings is 1. The van der Waals surface area contributed by atoms with Gasteiger partial charge in [0.05, 0.1) is 23.7 Å². The maximum Gasteiger partial charge on any atom is 0.265 e. The number of halogens is 1. The number of amides is 1. The summed E-state index contributed by atoms with van der Waals surface area (Å²) in [7, 11) is 0. The van der Waals surface area contributed by atoms with Crippen LogP contribution in [0, 0.1) is 6.92 Å². The molecule has 0 aliphatic rings. The fraction of sp³-hybridized carbons (Fsp3) is 0.312. The Balaban J connectivity index is 1.89. The maximum absolute atomic E-state index is 12.6. The molecule has 0 saturated heterocycles. The summed E-state index contributed by atoms with van der Waals surface area (Å²) in [5.41, 5.74) is 1.61. The Morgan fingerprint density at radius 2 is 2.16 bits per heavy atom. The molecule has 0 saturated carbocycles. The third-order valence-corrected chi connectivity index (χ3v) is 4.22. The molecule has 0 unspecified atom stereocenters. The monoisotopic (exact) mass is 404 g/mol. The smallest absolute Gasteiger partial charge is 0.265 e. The Kier molecular flexibility index (Phi) is 4.67. The maximum atomic E-state index is 12.6. The van der Waals surface area contributed by atoms with Crippen molar-refractivity contribution >= 4 is 32.9 Å². The van der Waals surface area contributed by atoms with Crippen molar-refractivity contribution in [2.24, 2.45) is 0 Å². The molecule has 9 heteroatoms. The molecule has 0 aromatic carbocycles. The summed E-state index contributed by atoms with van der Waals surface area (Å²) in [5, 5.41) is 7.78. The van der Waals surface area contributed by atoms with Crippen molar-refractivity contribution in [3.63, 3.8) is 0 Å². The van der Waals surface area contributed by atoms with E-state index in [1.54, 1.807) is 16.9 Å². The van der Waals surface area contributed by atoms with Crippen LogP contribution in [-0.2, 0) is 6.54 Å². The number of aromatic amines is 1. The standard InChI is InChI=1S/C16H17BrN6O2/c1-8(2)23-14-11(5-20-23)10(4-9(3)21-14)15(24)19-7-13-18-6-12(17)16(25)22-13/h4-6,8H,7H2,1-3H3,(H,19,24)(H,18,22,25). The summed E-state index contributed by atoms with van der Waals surface area (Å²) in [4.78, 5) is 35.3.